The summed E-state index contributed by atoms with van der Waals surface area (Å²) in [5.41, 5.74) is 11.5. The van der Waals surface area contributed by atoms with Crippen molar-refractivity contribution < 1.29 is 9.59 Å². The van der Waals surface area contributed by atoms with E-state index >= 15 is 0 Å². The summed E-state index contributed by atoms with van der Waals surface area (Å²) >= 11 is 0. The standard InChI is InChI=1S/C53H99N3O2/c1-7-9-11-13-17-23-29-44-40(27-21-12-10-8-2)33-34-41(45(44)30-24-18-15-19-25-31-49(55)57)28-22-16-14-20-26-32-50(58)56-53(5,6)52(3,4)48-36-35-46-47-38-42(51(46)48)37-43(47)39-54/h40-48,51H,7-39,54H2,1-6H3,(H2,55,57)(H,56,58). The van der Waals surface area contributed by atoms with Crippen LogP contribution >= 0.6 is 0 Å². The Morgan fingerprint density at radius 1 is 0.552 bits per heavy atom. The van der Waals surface area contributed by atoms with Crippen LogP contribution in [0.5, 0.6) is 0 Å². The first-order valence-electron chi connectivity index (χ1n) is 26.2. The highest BCUT2D eigenvalue weighted by Gasteiger charge is 2.61. The van der Waals surface area contributed by atoms with E-state index < -0.39 is 0 Å². The summed E-state index contributed by atoms with van der Waals surface area (Å²) in [4.78, 5) is 24.7. The molecule has 2 bridgehead atoms. The Labute approximate surface area is 360 Å². The Morgan fingerprint density at radius 2 is 1.03 bits per heavy atom. The predicted octanol–water partition coefficient (Wildman–Crippen LogP) is 14.1. The molecular formula is C53H99N3O2. The topological polar surface area (TPSA) is 98.2 Å². The number of nitrogens with two attached hydrogens (primary N) is 2. The number of hydrogen-bond acceptors (Lipinski definition) is 3. The molecule has 4 rings (SSSR count). The first-order chi connectivity index (χ1) is 27.9. The second-order valence-corrected chi connectivity index (χ2v) is 22.1. The van der Waals surface area contributed by atoms with Crippen molar-refractivity contribution in [2.24, 2.45) is 76.1 Å². The number of rotatable bonds is 32. The van der Waals surface area contributed by atoms with Gasteiger partial charge < -0.3 is 16.8 Å². The lowest BCUT2D eigenvalue weighted by Gasteiger charge is -2.50. The summed E-state index contributed by atoms with van der Waals surface area (Å²) in [5.74, 6) is 8.74. The highest BCUT2D eigenvalue weighted by molar-refractivity contribution is 5.76. The molecule has 10 atom stereocenters. The fourth-order valence-electron chi connectivity index (χ4n) is 14.0. The Kier molecular flexibility index (Phi) is 22.0. The molecule has 4 aliphatic carbocycles. The minimum absolute atomic E-state index is 0.0799. The molecule has 0 aromatic heterocycles. The Morgan fingerprint density at radius 3 is 1.57 bits per heavy atom. The zero-order valence-corrected chi connectivity index (χ0v) is 39.6. The molecule has 4 aliphatic rings. The number of carbonyl (C=O) groups excluding carboxylic acids is 2. The minimum atomic E-state index is -0.207. The van der Waals surface area contributed by atoms with Crippen molar-refractivity contribution in [1.29, 1.82) is 0 Å². The first kappa shape index (κ1) is 49.6. The molecular weight excluding hydrogens is 711 g/mol. The maximum absolute atomic E-state index is 13.4. The van der Waals surface area contributed by atoms with E-state index in [0.717, 1.165) is 79.1 Å². The van der Waals surface area contributed by atoms with E-state index in [9.17, 15) is 9.59 Å². The van der Waals surface area contributed by atoms with Gasteiger partial charge in [-0.3, -0.25) is 9.59 Å². The molecule has 4 fully saturated rings. The highest BCUT2D eigenvalue weighted by atomic mass is 16.2. The van der Waals surface area contributed by atoms with Crippen LogP contribution < -0.4 is 16.8 Å². The molecule has 0 aliphatic heterocycles. The van der Waals surface area contributed by atoms with Crippen LogP contribution in [0.1, 0.15) is 247 Å². The molecule has 5 heteroatoms. The van der Waals surface area contributed by atoms with Gasteiger partial charge >= 0.3 is 0 Å². The van der Waals surface area contributed by atoms with Crippen LogP contribution in [0.15, 0.2) is 0 Å². The van der Waals surface area contributed by atoms with E-state index in [4.69, 9.17) is 11.5 Å². The maximum Gasteiger partial charge on any atom is 0.220 e. The molecule has 338 valence electrons. The summed E-state index contributed by atoms with van der Waals surface area (Å²) in [6.07, 6.45) is 41.6. The van der Waals surface area contributed by atoms with Gasteiger partial charge in [-0.1, -0.05) is 156 Å². The maximum atomic E-state index is 13.4. The minimum Gasteiger partial charge on any atom is -0.370 e. The lowest BCUT2D eigenvalue weighted by molar-refractivity contribution is -0.125. The van der Waals surface area contributed by atoms with Crippen LogP contribution in [0.2, 0.25) is 0 Å². The molecule has 4 saturated carbocycles. The highest BCUT2D eigenvalue weighted by Crippen LogP contribution is 2.66. The van der Waals surface area contributed by atoms with Crippen molar-refractivity contribution >= 4 is 11.8 Å². The summed E-state index contributed by atoms with van der Waals surface area (Å²) in [5, 5.41) is 3.58. The molecule has 5 N–H and O–H groups in total. The third-order valence-electron chi connectivity index (χ3n) is 17.9. The van der Waals surface area contributed by atoms with Crippen molar-refractivity contribution in [3.63, 3.8) is 0 Å². The molecule has 0 spiro atoms. The number of primary amides is 1. The quantitative estimate of drug-likeness (QED) is 0.0590. The number of unbranched alkanes of at least 4 members (excludes halogenated alkanes) is 16. The van der Waals surface area contributed by atoms with Gasteiger partial charge in [0.1, 0.15) is 0 Å². The molecule has 0 heterocycles. The van der Waals surface area contributed by atoms with Crippen LogP contribution in [-0.4, -0.2) is 23.9 Å². The smallest absolute Gasteiger partial charge is 0.220 e. The average Bonchev–Trinajstić information content (AvgIpc) is 3.91. The average molecular weight is 810 g/mol. The fraction of sp³-hybridized carbons (Fsp3) is 0.962. The van der Waals surface area contributed by atoms with E-state index in [1.165, 1.54) is 173 Å². The third-order valence-corrected chi connectivity index (χ3v) is 17.9. The van der Waals surface area contributed by atoms with Crippen LogP contribution in [0.4, 0.5) is 0 Å². The van der Waals surface area contributed by atoms with Crippen LogP contribution in [0.25, 0.3) is 0 Å². The zero-order valence-electron chi connectivity index (χ0n) is 39.6. The third kappa shape index (κ3) is 14.5. The largest absolute Gasteiger partial charge is 0.370 e. The molecule has 58 heavy (non-hydrogen) atoms. The SMILES string of the molecule is CCCCCCCCC1C(CCCCCC)CCC(CCCCCCCC(=O)NC(C)(C)C(C)(C)C2CCC3C4CC(CC4CN)C32)C1CCCCCCCC(N)=O. The molecule has 10 unspecified atom stereocenters. The molecule has 0 radical (unpaired) electrons. The second kappa shape index (κ2) is 25.7. The number of fused-ring (bicyclic) bond motifs is 5. The van der Waals surface area contributed by atoms with E-state index in [0.29, 0.717) is 18.8 Å². The van der Waals surface area contributed by atoms with E-state index in [1.807, 2.05) is 0 Å². The van der Waals surface area contributed by atoms with Gasteiger partial charge in [-0.15, -0.1) is 0 Å². The van der Waals surface area contributed by atoms with Crippen LogP contribution in [0, 0.1) is 64.6 Å². The Hall–Kier alpha value is -1.10. The summed E-state index contributed by atoms with van der Waals surface area (Å²) in [7, 11) is 0. The normalized spacial score (nSPS) is 29.6. The number of hydrogen-bond donors (Lipinski definition) is 3. The van der Waals surface area contributed by atoms with E-state index in [2.05, 4.69) is 46.9 Å². The summed E-state index contributed by atoms with van der Waals surface area (Å²) in [6.45, 7) is 15.1. The van der Waals surface area contributed by atoms with Gasteiger partial charge in [-0.2, -0.15) is 0 Å². The van der Waals surface area contributed by atoms with Gasteiger partial charge in [-0.25, -0.2) is 0 Å². The lowest BCUT2D eigenvalue weighted by atomic mass is 9.59. The van der Waals surface area contributed by atoms with Gasteiger partial charge in [0, 0.05) is 18.4 Å². The van der Waals surface area contributed by atoms with Crippen LogP contribution in [-0.2, 0) is 9.59 Å². The Bertz CT molecular complexity index is 1150. The molecule has 2 amide bonds. The van der Waals surface area contributed by atoms with E-state index in [-0.39, 0.29) is 22.8 Å². The molecule has 0 saturated heterocycles. The van der Waals surface area contributed by atoms with Gasteiger partial charge in [0.2, 0.25) is 11.8 Å². The number of carbonyl (C=O) groups is 2. The predicted molar refractivity (Wildman–Crippen MR) is 248 cm³/mol. The van der Waals surface area contributed by atoms with E-state index in [1.54, 1.807) is 0 Å². The number of amides is 2. The number of nitrogens with one attached hydrogen (secondary N) is 1. The van der Waals surface area contributed by atoms with Gasteiger partial charge in [-0.05, 0) is 149 Å². The zero-order chi connectivity index (χ0) is 42.0. The van der Waals surface area contributed by atoms with Gasteiger partial charge in [0.05, 0.1) is 0 Å². The van der Waals surface area contributed by atoms with Crippen molar-refractivity contribution in [2.75, 3.05) is 6.54 Å². The Balaban J connectivity index is 1.21. The summed E-state index contributed by atoms with van der Waals surface area (Å²) < 4.78 is 0. The first-order valence-corrected chi connectivity index (χ1v) is 26.2. The fourth-order valence-corrected chi connectivity index (χ4v) is 14.0. The molecule has 5 nitrogen and oxygen atoms in total. The van der Waals surface area contributed by atoms with Crippen molar-refractivity contribution in [1.82, 2.24) is 5.32 Å². The van der Waals surface area contributed by atoms with Crippen LogP contribution in [0.3, 0.4) is 0 Å². The second-order valence-electron chi connectivity index (χ2n) is 22.1. The molecule has 0 aromatic rings. The van der Waals surface area contributed by atoms with Crippen molar-refractivity contribution in [3.8, 4) is 0 Å². The van der Waals surface area contributed by atoms with Crippen molar-refractivity contribution in [2.45, 2.75) is 253 Å². The lowest BCUT2D eigenvalue weighted by Crippen LogP contribution is -2.57. The monoisotopic (exact) mass is 810 g/mol. The summed E-state index contributed by atoms with van der Waals surface area (Å²) in [6, 6.07) is 0. The molecule has 0 aromatic carbocycles. The van der Waals surface area contributed by atoms with Crippen molar-refractivity contribution in [3.05, 3.63) is 0 Å². The van der Waals surface area contributed by atoms with Gasteiger partial charge in [0.15, 0.2) is 0 Å². The van der Waals surface area contributed by atoms with Gasteiger partial charge in [0.25, 0.3) is 0 Å².